The van der Waals surface area contributed by atoms with Crippen molar-refractivity contribution in [3.05, 3.63) is 40.6 Å². The topological polar surface area (TPSA) is 38.7 Å². The van der Waals surface area contributed by atoms with Crippen LogP contribution in [0.2, 0.25) is 5.02 Å². The van der Waals surface area contributed by atoms with Crippen LogP contribution in [-0.4, -0.2) is 18.8 Å². The minimum atomic E-state index is -0.654. The number of hydrogen-bond acceptors (Lipinski definition) is 3. The molecular weight excluding hydrogens is 240 g/mol. The lowest BCUT2D eigenvalue weighted by atomic mass is 9.98. The van der Waals surface area contributed by atoms with Gasteiger partial charge in [0.05, 0.1) is 25.0 Å². The smallest absolute Gasteiger partial charge is 0.137 e. The molecule has 0 spiro atoms. The van der Waals surface area contributed by atoms with E-state index >= 15 is 0 Å². The quantitative estimate of drug-likeness (QED) is 0.901. The van der Waals surface area contributed by atoms with Gasteiger partial charge in [0.1, 0.15) is 11.9 Å². The number of methoxy groups -OCH3 is 1. The lowest BCUT2D eigenvalue weighted by molar-refractivity contribution is 0.170. The predicted octanol–water partition coefficient (Wildman–Crippen LogP) is 3.08. The largest absolute Gasteiger partial charge is 0.501 e. The first-order chi connectivity index (χ1) is 8.22. The maximum Gasteiger partial charge on any atom is 0.137 e. The summed E-state index contributed by atoms with van der Waals surface area (Å²) in [5, 5.41) is 10.7. The molecule has 0 aliphatic carbocycles. The highest BCUT2D eigenvalue weighted by molar-refractivity contribution is 6.32. The van der Waals surface area contributed by atoms with E-state index in [9.17, 15) is 5.11 Å². The SMILES string of the molecule is COc1ccc(C(O)C2=COCCC2)cc1Cl. The van der Waals surface area contributed by atoms with Crippen LogP contribution in [0, 0.1) is 0 Å². The van der Waals surface area contributed by atoms with E-state index in [-0.39, 0.29) is 0 Å². The summed E-state index contributed by atoms with van der Waals surface area (Å²) < 4.78 is 10.3. The first kappa shape index (κ1) is 12.3. The molecule has 0 saturated heterocycles. The van der Waals surface area contributed by atoms with E-state index in [0.717, 1.165) is 30.6 Å². The Labute approximate surface area is 106 Å². The van der Waals surface area contributed by atoms with Gasteiger partial charge in [0.2, 0.25) is 0 Å². The van der Waals surface area contributed by atoms with Crippen LogP contribution in [0.15, 0.2) is 30.0 Å². The first-order valence-electron chi connectivity index (χ1n) is 5.54. The molecule has 1 atom stereocenters. The zero-order chi connectivity index (χ0) is 12.3. The standard InChI is InChI=1S/C13H15ClO3/c1-16-12-5-4-9(7-11(12)14)13(15)10-3-2-6-17-8-10/h4-5,7-8,13,15H,2-3,6H2,1H3. The minimum Gasteiger partial charge on any atom is -0.501 e. The van der Waals surface area contributed by atoms with Crippen molar-refractivity contribution >= 4 is 11.6 Å². The molecule has 1 aromatic carbocycles. The summed E-state index contributed by atoms with van der Waals surface area (Å²) in [5.41, 5.74) is 1.64. The van der Waals surface area contributed by atoms with Gasteiger partial charge in [0, 0.05) is 0 Å². The number of rotatable bonds is 3. The average Bonchev–Trinajstić information content (AvgIpc) is 2.39. The Hall–Kier alpha value is -1.19. The van der Waals surface area contributed by atoms with Gasteiger partial charge in [0.15, 0.2) is 0 Å². The number of aliphatic hydroxyl groups excluding tert-OH is 1. The third-order valence-electron chi connectivity index (χ3n) is 2.81. The van der Waals surface area contributed by atoms with E-state index in [1.807, 2.05) is 6.07 Å². The molecular formula is C13H15ClO3. The number of halogens is 1. The molecule has 0 fully saturated rings. The summed E-state index contributed by atoms with van der Waals surface area (Å²) in [6.07, 6.45) is 2.78. The molecule has 0 radical (unpaired) electrons. The summed E-state index contributed by atoms with van der Waals surface area (Å²) in [7, 11) is 1.56. The Morgan fingerprint density at radius 3 is 2.88 bits per heavy atom. The summed E-state index contributed by atoms with van der Waals surface area (Å²) in [4.78, 5) is 0. The maximum absolute atomic E-state index is 10.2. The zero-order valence-corrected chi connectivity index (χ0v) is 10.4. The maximum atomic E-state index is 10.2. The number of hydrogen-bond donors (Lipinski definition) is 1. The first-order valence-corrected chi connectivity index (χ1v) is 5.92. The van der Waals surface area contributed by atoms with Crippen molar-refractivity contribution in [3.63, 3.8) is 0 Å². The second-order valence-corrected chi connectivity index (χ2v) is 4.37. The third kappa shape index (κ3) is 2.73. The second-order valence-electron chi connectivity index (χ2n) is 3.96. The molecule has 0 amide bonds. The monoisotopic (exact) mass is 254 g/mol. The fraction of sp³-hybridized carbons (Fsp3) is 0.385. The lowest BCUT2D eigenvalue weighted by Gasteiger charge is -2.19. The highest BCUT2D eigenvalue weighted by Crippen LogP contribution is 2.32. The minimum absolute atomic E-state index is 0.501. The van der Waals surface area contributed by atoms with Gasteiger partial charge in [-0.05, 0) is 36.1 Å². The Morgan fingerprint density at radius 1 is 1.47 bits per heavy atom. The van der Waals surface area contributed by atoms with Crippen LogP contribution in [0.25, 0.3) is 0 Å². The molecule has 4 heteroatoms. The zero-order valence-electron chi connectivity index (χ0n) is 9.65. The van der Waals surface area contributed by atoms with Gasteiger partial charge in [0.25, 0.3) is 0 Å². The number of aliphatic hydroxyl groups is 1. The van der Waals surface area contributed by atoms with Crippen LogP contribution < -0.4 is 4.74 Å². The molecule has 3 nitrogen and oxygen atoms in total. The Morgan fingerprint density at radius 2 is 2.29 bits per heavy atom. The van der Waals surface area contributed by atoms with Crippen molar-refractivity contribution in [2.24, 2.45) is 0 Å². The van der Waals surface area contributed by atoms with Crippen LogP contribution in [0.5, 0.6) is 5.75 Å². The third-order valence-corrected chi connectivity index (χ3v) is 3.10. The molecule has 92 valence electrons. The van der Waals surface area contributed by atoms with Gasteiger partial charge >= 0.3 is 0 Å². The van der Waals surface area contributed by atoms with E-state index < -0.39 is 6.10 Å². The Kier molecular flexibility index (Phi) is 3.92. The van der Waals surface area contributed by atoms with Gasteiger partial charge in [-0.1, -0.05) is 17.7 Å². The summed E-state index contributed by atoms with van der Waals surface area (Å²) in [6.45, 7) is 0.722. The van der Waals surface area contributed by atoms with Crippen LogP contribution in [-0.2, 0) is 4.74 Å². The molecule has 2 rings (SSSR count). The molecule has 1 heterocycles. The predicted molar refractivity (Wildman–Crippen MR) is 66.2 cm³/mol. The molecule has 0 aromatic heterocycles. The van der Waals surface area contributed by atoms with E-state index in [1.165, 1.54) is 0 Å². The fourth-order valence-electron chi connectivity index (χ4n) is 1.85. The van der Waals surface area contributed by atoms with E-state index in [2.05, 4.69) is 0 Å². The summed E-state index contributed by atoms with van der Waals surface area (Å²) in [5.74, 6) is 0.608. The molecule has 1 aliphatic rings. The van der Waals surface area contributed by atoms with Crippen molar-refractivity contribution in [1.29, 1.82) is 0 Å². The molecule has 1 unspecified atom stereocenters. The number of benzene rings is 1. The highest BCUT2D eigenvalue weighted by atomic mass is 35.5. The summed E-state index contributed by atoms with van der Waals surface area (Å²) >= 11 is 6.03. The van der Waals surface area contributed by atoms with Crippen LogP contribution in [0.3, 0.4) is 0 Å². The molecule has 1 aliphatic heterocycles. The van der Waals surface area contributed by atoms with Crippen molar-refractivity contribution in [2.45, 2.75) is 18.9 Å². The van der Waals surface area contributed by atoms with Gasteiger partial charge in [-0.3, -0.25) is 0 Å². The average molecular weight is 255 g/mol. The van der Waals surface area contributed by atoms with Gasteiger partial charge in [-0.15, -0.1) is 0 Å². The number of ether oxygens (including phenoxy) is 2. The van der Waals surface area contributed by atoms with Crippen LogP contribution in [0.4, 0.5) is 0 Å². The van der Waals surface area contributed by atoms with Crippen molar-refractivity contribution in [3.8, 4) is 5.75 Å². The van der Waals surface area contributed by atoms with Gasteiger partial charge in [-0.25, -0.2) is 0 Å². The van der Waals surface area contributed by atoms with E-state index in [1.54, 1.807) is 25.5 Å². The molecule has 0 saturated carbocycles. The van der Waals surface area contributed by atoms with Gasteiger partial charge < -0.3 is 14.6 Å². The lowest BCUT2D eigenvalue weighted by Crippen LogP contribution is -2.07. The second kappa shape index (κ2) is 5.43. The molecule has 17 heavy (non-hydrogen) atoms. The molecule has 1 N–H and O–H groups in total. The summed E-state index contributed by atoms with van der Waals surface area (Å²) in [6, 6.07) is 5.29. The van der Waals surface area contributed by atoms with E-state index in [4.69, 9.17) is 21.1 Å². The van der Waals surface area contributed by atoms with Gasteiger partial charge in [-0.2, -0.15) is 0 Å². The van der Waals surface area contributed by atoms with Crippen LogP contribution >= 0.6 is 11.6 Å². The molecule has 1 aromatic rings. The normalized spacial score (nSPS) is 17.0. The highest BCUT2D eigenvalue weighted by Gasteiger charge is 2.17. The Bertz CT molecular complexity index is 429. The van der Waals surface area contributed by atoms with E-state index in [0.29, 0.717) is 10.8 Å². The fourth-order valence-corrected chi connectivity index (χ4v) is 2.12. The van der Waals surface area contributed by atoms with Crippen molar-refractivity contribution in [1.82, 2.24) is 0 Å². The van der Waals surface area contributed by atoms with Crippen molar-refractivity contribution < 1.29 is 14.6 Å². The molecule has 0 bridgehead atoms. The van der Waals surface area contributed by atoms with Crippen molar-refractivity contribution in [2.75, 3.05) is 13.7 Å². The Balaban J connectivity index is 2.21. The van der Waals surface area contributed by atoms with Crippen LogP contribution in [0.1, 0.15) is 24.5 Å².